The van der Waals surface area contributed by atoms with E-state index in [0.717, 1.165) is 18.9 Å². The van der Waals surface area contributed by atoms with Crippen LogP contribution in [0, 0.1) is 17.0 Å². The maximum Gasteiger partial charge on any atom is 0.317 e. The highest BCUT2D eigenvalue weighted by atomic mass is 19.1. The highest BCUT2D eigenvalue weighted by molar-refractivity contribution is 5.79. The molecule has 2 fully saturated rings. The molecule has 0 saturated carbocycles. The van der Waals surface area contributed by atoms with Crippen molar-refractivity contribution in [1.29, 1.82) is 0 Å². The average molecular weight is 338 g/mol. The fraction of sp³-hybridized carbons (Fsp3) is 0.529. The van der Waals surface area contributed by atoms with Gasteiger partial charge in [0.25, 0.3) is 0 Å². The predicted octanol–water partition coefficient (Wildman–Crippen LogP) is 1.86. The van der Waals surface area contributed by atoms with Gasteiger partial charge in [0.1, 0.15) is 11.6 Å². The maximum atomic E-state index is 13.3. The number of nitrogens with zero attached hydrogens (tertiary/aromatic N) is 2. The molecule has 0 radical (unpaired) electrons. The molecule has 3 rings (SSSR count). The Labute approximate surface area is 138 Å². The quantitative estimate of drug-likeness (QED) is 0.910. The zero-order valence-corrected chi connectivity index (χ0v) is 13.3. The summed E-state index contributed by atoms with van der Waals surface area (Å²) in [4.78, 5) is 26.6. The first-order chi connectivity index (χ1) is 11.3. The molecule has 0 bridgehead atoms. The number of hydrogen-bond donors (Lipinski definition) is 1. The minimum atomic E-state index is -0.844. The van der Waals surface area contributed by atoms with E-state index >= 15 is 0 Å². The zero-order valence-electron chi connectivity index (χ0n) is 13.3. The summed E-state index contributed by atoms with van der Waals surface area (Å²) < 4.78 is 26.6. The van der Waals surface area contributed by atoms with E-state index in [2.05, 4.69) is 0 Å². The number of carboxylic acids is 1. The second-order valence-corrected chi connectivity index (χ2v) is 6.87. The number of rotatable bonds is 4. The highest BCUT2D eigenvalue weighted by Crippen LogP contribution is 2.41. The van der Waals surface area contributed by atoms with Crippen LogP contribution in [0.5, 0.6) is 0 Å². The third kappa shape index (κ3) is 3.72. The number of carbonyl (C=O) groups excluding carboxylic acids is 1. The van der Waals surface area contributed by atoms with Crippen LogP contribution in [0.2, 0.25) is 0 Å². The first kappa shape index (κ1) is 16.8. The number of carboxylic acid groups (broad SMARTS) is 1. The molecule has 1 amide bonds. The summed E-state index contributed by atoms with van der Waals surface area (Å²) in [5.74, 6) is -2.14. The lowest BCUT2D eigenvalue weighted by atomic mass is 9.77. The molecule has 2 heterocycles. The van der Waals surface area contributed by atoms with E-state index < -0.39 is 17.6 Å². The predicted molar refractivity (Wildman–Crippen MR) is 82.1 cm³/mol. The lowest BCUT2D eigenvalue weighted by Crippen LogP contribution is -2.43. The molecule has 0 aliphatic carbocycles. The molecule has 1 aromatic carbocycles. The average Bonchev–Trinajstić information content (AvgIpc) is 2.76. The Balaban J connectivity index is 1.63. The van der Waals surface area contributed by atoms with E-state index in [0.29, 0.717) is 31.6 Å². The van der Waals surface area contributed by atoms with Crippen molar-refractivity contribution in [2.75, 3.05) is 26.2 Å². The highest BCUT2D eigenvalue weighted by Gasteiger charge is 2.44. The van der Waals surface area contributed by atoms with Crippen molar-refractivity contribution < 1.29 is 23.5 Å². The number of aliphatic carboxylic acids is 1. The van der Waals surface area contributed by atoms with Gasteiger partial charge in [0.15, 0.2) is 0 Å². The van der Waals surface area contributed by atoms with Gasteiger partial charge in [0.05, 0.1) is 6.54 Å². The van der Waals surface area contributed by atoms with E-state index in [1.807, 2.05) is 4.90 Å². The largest absolute Gasteiger partial charge is 0.480 e. The zero-order chi connectivity index (χ0) is 17.3. The summed E-state index contributed by atoms with van der Waals surface area (Å²) >= 11 is 0. The van der Waals surface area contributed by atoms with Gasteiger partial charge < -0.3 is 10.0 Å². The number of likely N-dealkylation sites (tertiary alicyclic amines) is 2. The van der Waals surface area contributed by atoms with E-state index in [1.54, 1.807) is 4.90 Å². The van der Waals surface area contributed by atoms with E-state index in [1.165, 1.54) is 12.1 Å². The van der Waals surface area contributed by atoms with Gasteiger partial charge in [-0.3, -0.25) is 14.5 Å². The normalized spacial score (nSPS) is 20.8. The van der Waals surface area contributed by atoms with Crippen LogP contribution >= 0.6 is 0 Å². The molecule has 2 saturated heterocycles. The molecule has 2 aliphatic heterocycles. The molecular weight excluding hydrogens is 318 g/mol. The number of amides is 1. The van der Waals surface area contributed by atoms with Gasteiger partial charge >= 0.3 is 5.97 Å². The molecule has 0 atom stereocenters. The Morgan fingerprint density at radius 2 is 1.79 bits per heavy atom. The van der Waals surface area contributed by atoms with Gasteiger partial charge in [0, 0.05) is 25.6 Å². The summed E-state index contributed by atoms with van der Waals surface area (Å²) in [5, 5.41) is 8.85. The van der Waals surface area contributed by atoms with Crippen LogP contribution in [0.25, 0.3) is 0 Å². The van der Waals surface area contributed by atoms with Crippen molar-refractivity contribution in [1.82, 2.24) is 9.80 Å². The number of hydrogen-bond acceptors (Lipinski definition) is 3. The Hall–Kier alpha value is -2.02. The van der Waals surface area contributed by atoms with Crippen LogP contribution in [-0.2, 0) is 16.1 Å². The Morgan fingerprint density at radius 3 is 2.38 bits per heavy atom. The molecule has 1 N–H and O–H groups in total. The van der Waals surface area contributed by atoms with Crippen LogP contribution in [0.4, 0.5) is 8.78 Å². The first-order valence-corrected chi connectivity index (χ1v) is 8.02. The Bertz CT molecular complexity index is 637. The number of halogens is 2. The van der Waals surface area contributed by atoms with E-state index in [-0.39, 0.29) is 24.4 Å². The molecule has 24 heavy (non-hydrogen) atoms. The van der Waals surface area contributed by atoms with Gasteiger partial charge in [-0.25, -0.2) is 8.78 Å². The molecule has 5 nitrogen and oxygen atoms in total. The van der Waals surface area contributed by atoms with Crippen LogP contribution in [0.15, 0.2) is 18.2 Å². The number of benzene rings is 1. The van der Waals surface area contributed by atoms with Gasteiger partial charge in [-0.2, -0.15) is 0 Å². The molecule has 7 heteroatoms. The number of carbonyl (C=O) groups is 2. The SMILES string of the molecule is O=C(O)CN1CCC2(CC1)CC(=O)N(Cc1cc(F)cc(F)c1)C2. The Kier molecular flexibility index (Phi) is 4.54. The topological polar surface area (TPSA) is 60.9 Å². The summed E-state index contributed by atoms with van der Waals surface area (Å²) in [5.41, 5.74) is 0.305. The summed E-state index contributed by atoms with van der Waals surface area (Å²) in [6, 6.07) is 3.31. The third-order valence-corrected chi connectivity index (χ3v) is 4.98. The molecular formula is C17H20F2N2O3. The Morgan fingerprint density at radius 1 is 1.17 bits per heavy atom. The minimum Gasteiger partial charge on any atom is -0.480 e. The second kappa shape index (κ2) is 6.47. The number of piperidine rings is 1. The second-order valence-electron chi connectivity index (χ2n) is 6.87. The van der Waals surface area contributed by atoms with Crippen molar-refractivity contribution >= 4 is 11.9 Å². The van der Waals surface area contributed by atoms with Crippen molar-refractivity contribution in [3.05, 3.63) is 35.4 Å². The monoisotopic (exact) mass is 338 g/mol. The van der Waals surface area contributed by atoms with Crippen molar-refractivity contribution in [2.24, 2.45) is 5.41 Å². The van der Waals surface area contributed by atoms with E-state index in [9.17, 15) is 18.4 Å². The standard InChI is InChI=1S/C17H20F2N2O3/c18-13-5-12(6-14(19)7-13)9-21-11-17(8-15(21)22)1-3-20(4-2-17)10-16(23)24/h5-7H,1-4,8-11H2,(H,23,24). The first-order valence-electron chi connectivity index (χ1n) is 8.02. The third-order valence-electron chi connectivity index (χ3n) is 4.98. The maximum absolute atomic E-state index is 13.3. The van der Waals surface area contributed by atoms with Crippen LogP contribution in [0.3, 0.4) is 0 Å². The minimum absolute atomic E-state index is 0.00801. The fourth-order valence-electron chi connectivity index (χ4n) is 3.76. The lowest BCUT2D eigenvalue weighted by Gasteiger charge is -2.38. The van der Waals surface area contributed by atoms with Gasteiger partial charge in [-0.15, -0.1) is 0 Å². The molecule has 0 unspecified atom stereocenters. The van der Waals surface area contributed by atoms with Crippen molar-refractivity contribution in [3.8, 4) is 0 Å². The summed E-state index contributed by atoms with van der Waals surface area (Å²) in [6.07, 6.45) is 1.95. The smallest absolute Gasteiger partial charge is 0.317 e. The van der Waals surface area contributed by atoms with Crippen molar-refractivity contribution in [2.45, 2.75) is 25.8 Å². The van der Waals surface area contributed by atoms with Crippen LogP contribution < -0.4 is 0 Å². The molecule has 2 aliphatic rings. The van der Waals surface area contributed by atoms with Crippen LogP contribution in [-0.4, -0.2) is 53.0 Å². The molecule has 0 aromatic heterocycles. The lowest BCUT2D eigenvalue weighted by molar-refractivity contribution is -0.139. The summed E-state index contributed by atoms with van der Waals surface area (Å²) in [7, 11) is 0. The van der Waals surface area contributed by atoms with Crippen molar-refractivity contribution in [3.63, 3.8) is 0 Å². The molecule has 130 valence electrons. The fourth-order valence-corrected chi connectivity index (χ4v) is 3.76. The van der Waals surface area contributed by atoms with Gasteiger partial charge in [-0.05, 0) is 49.0 Å². The van der Waals surface area contributed by atoms with E-state index in [4.69, 9.17) is 5.11 Å². The summed E-state index contributed by atoms with van der Waals surface area (Å²) in [6.45, 7) is 2.10. The van der Waals surface area contributed by atoms with Crippen LogP contribution in [0.1, 0.15) is 24.8 Å². The molecule has 1 aromatic rings. The van der Waals surface area contributed by atoms with Gasteiger partial charge in [0.2, 0.25) is 5.91 Å². The molecule has 1 spiro atoms. The van der Waals surface area contributed by atoms with Gasteiger partial charge in [-0.1, -0.05) is 0 Å².